The van der Waals surface area contributed by atoms with Crippen LogP contribution < -0.4 is 5.73 Å². The number of benzene rings is 1. The summed E-state index contributed by atoms with van der Waals surface area (Å²) in [6, 6.07) is 5.43. The fourth-order valence-electron chi connectivity index (χ4n) is 1.78. The van der Waals surface area contributed by atoms with Crippen LogP contribution >= 0.6 is 11.8 Å². The molecule has 0 spiro atoms. The van der Waals surface area contributed by atoms with Crippen molar-refractivity contribution in [2.24, 2.45) is 0 Å². The third-order valence-electron chi connectivity index (χ3n) is 2.71. The molecule has 0 aliphatic heterocycles. The van der Waals surface area contributed by atoms with Gasteiger partial charge in [-0.3, -0.25) is 0 Å². The maximum Gasteiger partial charge on any atom is 0.257 e. The predicted molar refractivity (Wildman–Crippen MR) is 73.7 cm³/mol. The van der Waals surface area contributed by atoms with Crippen LogP contribution in [0.4, 0.5) is 5.69 Å². The quantitative estimate of drug-likeness (QED) is 0.581. The second kappa shape index (κ2) is 4.93. The number of aryl methyl sites for hydroxylation is 1. The van der Waals surface area contributed by atoms with Crippen LogP contribution in [-0.4, -0.2) is 19.7 Å². The Balaban J connectivity index is 1.78. The smallest absolute Gasteiger partial charge is 0.257 e. The van der Waals surface area contributed by atoms with Gasteiger partial charge < -0.3 is 10.2 Å². The Kier molecular flexibility index (Phi) is 3.12. The van der Waals surface area contributed by atoms with Gasteiger partial charge in [0.05, 0.1) is 5.75 Å². The molecule has 0 saturated heterocycles. The second-order valence-corrected chi connectivity index (χ2v) is 4.91. The van der Waals surface area contributed by atoms with E-state index in [0.717, 1.165) is 23.5 Å². The average Bonchev–Trinajstić information content (AvgIpc) is 3.01. The second-order valence-electron chi connectivity index (χ2n) is 3.99. The van der Waals surface area contributed by atoms with E-state index < -0.39 is 0 Å². The maximum absolute atomic E-state index is 5.71. The van der Waals surface area contributed by atoms with Crippen molar-refractivity contribution in [1.29, 1.82) is 0 Å². The highest BCUT2D eigenvalue weighted by Gasteiger charge is 2.09. The first-order chi connectivity index (χ1) is 9.26. The maximum atomic E-state index is 5.71. The molecular weight excluding hydrogens is 262 g/mol. The van der Waals surface area contributed by atoms with Gasteiger partial charge in [-0.25, -0.2) is 14.6 Å². The summed E-state index contributed by atoms with van der Waals surface area (Å²) >= 11 is 1.50. The van der Waals surface area contributed by atoms with Crippen molar-refractivity contribution in [1.82, 2.24) is 19.7 Å². The average molecular weight is 275 g/mol. The summed E-state index contributed by atoms with van der Waals surface area (Å²) in [7, 11) is 0. The van der Waals surface area contributed by atoms with E-state index in [4.69, 9.17) is 10.2 Å². The lowest BCUT2D eigenvalue weighted by molar-refractivity contribution is 0.489. The molecular formula is C12H13N5OS. The normalized spacial score (nSPS) is 11.2. The first-order valence-corrected chi connectivity index (χ1v) is 6.90. The van der Waals surface area contributed by atoms with Gasteiger partial charge in [0, 0.05) is 12.2 Å². The Morgan fingerprint density at radius 3 is 3.16 bits per heavy atom. The van der Waals surface area contributed by atoms with Crippen LogP contribution in [0.15, 0.2) is 34.2 Å². The molecule has 1 aromatic carbocycles. The van der Waals surface area contributed by atoms with Crippen LogP contribution in [0.5, 0.6) is 0 Å². The topological polar surface area (TPSA) is 82.8 Å². The van der Waals surface area contributed by atoms with E-state index in [1.54, 1.807) is 18.5 Å². The number of thioether (sulfide) groups is 1. The third kappa shape index (κ3) is 2.41. The molecule has 0 bridgehead atoms. The molecule has 0 unspecified atom stereocenters. The zero-order valence-corrected chi connectivity index (χ0v) is 11.2. The van der Waals surface area contributed by atoms with E-state index in [-0.39, 0.29) is 0 Å². The number of fused-ring (bicyclic) bond motifs is 1. The minimum Gasteiger partial charge on any atom is -0.431 e. The molecule has 2 aromatic heterocycles. The summed E-state index contributed by atoms with van der Waals surface area (Å²) < 4.78 is 7.49. The van der Waals surface area contributed by atoms with Crippen molar-refractivity contribution in [2.45, 2.75) is 24.4 Å². The van der Waals surface area contributed by atoms with Crippen LogP contribution in [-0.2, 0) is 12.3 Å². The highest BCUT2D eigenvalue weighted by Crippen LogP contribution is 2.26. The van der Waals surface area contributed by atoms with Crippen LogP contribution in [0.25, 0.3) is 11.1 Å². The summed E-state index contributed by atoms with van der Waals surface area (Å²) in [4.78, 5) is 8.60. The van der Waals surface area contributed by atoms with Crippen molar-refractivity contribution in [3.8, 4) is 0 Å². The van der Waals surface area contributed by atoms with E-state index in [9.17, 15) is 0 Å². The molecule has 2 heterocycles. The number of hydrogen-bond acceptors (Lipinski definition) is 6. The summed E-state index contributed by atoms with van der Waals surface area (Å²) in [6.45, 7) is 2.84. The first-order valence-electron chi connectivity index (χ1n) is 5.92. The molecule has 7 heteroatoms. The highest BCUT2D eigenvalue weighted by atomic mass is 32.2. The molecule has 2 N–H and O–H groups in total. The lowest BCUT2D eigenvalue weighted by Crippen LogP contribution is -2.01. The van der Waals surface area contributed by atoms with Crippen molar-refractivity contribution < 1.29 is 4.42 Å². The molecule has 0 amide bonds. The summed E-state index contributed by atoms with van der Waals surface area (Å²) in [5, 5.41) is 4.74. The molecule has 3 aromatic rings. The van der Waals surface area contributed by atoms with Crippen molar-refractivity contribution in [2.75, 3.05) is 5.73 Å². The number of aromatic nitrogens is 4. The van der Waals surface area contributed by atoms with Crippen LogP contribution in [0.1, 0.15) is 12.7 Å². The Hall–Kier alpha value is -2.02. The number of nitrogen functional groups attached to an aromatic ring is 1. The third-order valence-corrected chi connectivity index (χ3v) is 3.54. The molecule has 3 rings (SSSR count). The highest BCUT2D eigenvalue weighted by molar-refractivity contribution is 7.98. The van der Waals surface area contributed by atoms with E-state index in [2.05, 4.69) is 15.1 Å². The molecule has 0 saturated carbocycles. The van der Waals surface area contributed by atoms with Gasteiger partial charge in [-0.15, -0.1) is 0 Å². The van der Waals surface area contributed by atoms with E-state index >= 15 is 0 Å². The molecule has 0 radical (unpaired) electrons. The Bertz CT molecular complexity index is 705. The van der Waals surface area contributed by atoms with Gasteiger partial charge in [0.2, 0.25) is 0 Å². The van der Waals surface area contributed by atoms with Gasteiger partial charge in [-0.1, -0.05) is 11.8 Å². The van der Waals surface area contributed by atoms with Crippen molar-refractivity contribution >= 4 is 28.5 Å². The molecule has 0 atom stereocenters. The summed E-state index contributed by atoms with van der Waals surface area (Å²) in [5.74, 6) is 1.59. The van der Waals surface area contributed by atoms with Gasteiger partial charge in [0.25, 0.3) is 5.22 Å². The largest absolute Gasteiger partial charge is 0.431 e. The monoisotopic (exact) mass is 275 g/mol. The van der Waals surface area contributed by atoms with Crippen molar-refractivity contribution in [3.05, 3.63) is 30.4 Å². The number of anilines is 1. The Morgan fingerprint density at radius 1 is 1.42 bits per heavy atom. The predicted octanol–water partition coefficient (Wildman–Crippen LogP) is 2.31. The number of hydrogen-bond donors (Lipinski definition) is 1. The Morgan fingerprint density at radius 2 is 2.32 bits per heavy atom. The number of oxazole rings is 1. The summed E-state index contributed by atoms with van der Waals surface area (Å²) in [6.07, 6.45) is 1.56. The number of nitrogens with two attached hydrogens (primary N) is 1. The first kappa shape index (κ1) is 12.0. The minimum absolute atomic E-state index is 0.617. The Labute approximate surface area is 114 Å². The number of rotatable bonds is 4. The molecule has 0 aliphatic carbocycles. The molecule has 19 heavy (non-hydrogen) atoms. The fourth-order valence-corrected chi connectivity index (χ4v) is 2.56. The molecule has 0 fully saturated rings. The van der Waals surface area contributed by atoms with Gasteiger partial charge >= 0.3 is 0 Å². The lowest BCUT2D eigenvalue weighted by Gasteiger charge is -1.99. The minimum atomic E-state index is 0.617. The molecule has 98 valence electrons. The SMILES string of the molecule is CCn1ncnc1CSc1nc2cc(N)ccc2o1. The van der Waals surface area contributed by atoms with Gasteiger partial charge in [-0.05, 0) is 25.1 Å². The van der Waals surface area contributed by atoms with Crippen molar-refractivity contribution in [3.63, 3.8) is 0 Å². The van der Waals surface area contributed by atoms with Crippen LogP contribution in [0.3, 0.4) is 0 Å². The van der Waals surface area contributed by atoms with E-state index in [1.807, 2.05) is 17.7 Å². The van der Waals surface area contributed by atoms with E-state index in [1.165, 1.54) is 11.8 Å². The fraction of sp³-hybridized carbons (Fsp3) is 0.250. The van der Waals surface area contributed by atoms with E-state index in [0.29, 0.717) is 16.7 Å². The standard InChI is InChI=1S/C12H13N5OS/c1-2-17-11(14-7-15-17)6-19-12-16-9-5-8(13)3-4-10(9)18-12/h3-5,7H,2,6,13H2,1H3. The van der Waals surface area contributed by atoms with Crippen LogP contribution in [0, 0.1) is 0 Å². The van der Waals surface area contributed by atoms with Crippen LogP contribution in [0.2, 0.25) is 0 Å². The molecule has 6 nitrogen and oxygen atoms in total. The zero-order valence-electron chi connectivity index (χ0n) is 10.4. The van der Waals surface area contributed by atoms with Gasteiger partial charge in [0.15, 0.2) is 5.58 Å². The van der Waals surface area contributed by atoms with Gasteiger partial charge in [0.1, 0.15) is 17.7 Å². The van der Waals surface area contributed by atoms with Gasteiger partial charge in [-0.2, -0.15) is 5.10 Å². The summed E-state index contributed by atoms with van der Waals surface area (Å²) in [5.41, 5.74) is 7.92. The molecule has 0 aliphatic rings. The number of nitrogens with zero attached hydrogens (tertiary/aromatic N) is 4. The lowest BCUT2D eigenvalue weighted by atomic mass is 10.3. The zero-order chi connectivity index (χ0) is 13.2.